The zero-order valence-corrected chi connectivity index (χ0v) is 17.0. The molecular weight excluding hydrogens is 405 g/mol. The standard InChI is InChI=1S/C20H25F3N2O5/c1-20(2,3)30-19(27)25-9-13(10-25)24-17(26)11-6-14(7-11)28-16-8-12(21)4-5-15(16)29-18(22)23/h4-5,8,11,13-14,18H,6-7,9-10H2,1-3H3,(H,24,26)/t11-,14-. The van der Waals surface area contributed by atoms with E-state index in [1.807, 2.05) is 0 Å². The van der Waals surface area contributed by atoms with Gasteiger partial charge < -0.3 is 24.4 Å². The lowest BCUT2D eigenvalue weighted by Gasteiger charge is -2.42. The molecule has 3 rings (SSSR count). The van der Waals surface area contributed by atoms with E-state index in [9.17, 15) is 22.8 Å². The molecule has 2 fully saturated rings. The van der Waals surface area contributed by atoms with Crippen molar-refractivity contribution in [2.75, 3.05) is 13.1 Å². The number of nitrogens with one attached hydrogen (secondary N) is 1. The van der Waals surface area contributed by atoms with Crippen molar-refractivity contribution in [2.24, 2.45) is 5.92 Å². The van der Waals surface area contributed by atoms with Gasteiger partial charge in [0.15, 0.2) is 11.5 Å². The molecule has 1 aromatic rings. The topological polar surface area (TPSA) is 77.1 Å². The van der Waals surface area contributed by atoms with Gasteiger partial charge in [-0.25, -0.2) is 9.18 Å². The summed E-state index contributed by atoms with van der Waals surface area (Å²) < 4.78 is 53.5. The van der Waals surface area contributed by atoms with Crippen LogP contribution in [0.25, 0.3) is 0 Å². The second-order valence-corrected chi connectivity index (χ2v) is 8.47. The van der Waals surface area contributed by atoms with Crippen LogP contribution in [0.1, 0.15) is 33.6 Å². The van der Waals surface area contributed by atoms with Gasteiger partial charge in [-0.1, -0.05) is 0 Å². The van der Waals surface area contributed by atoms with Crippen molar-refractivity contribution in [3.8, 4) is 11.5 Å². The van der Waals surface area contributed by atoms with Crippen LogP contribution in [0, 0.1) is 11.7 Å². The molecule has 30 heavy (non-hydrogen) atoms. The Bertz CT molecular complexity index is 787. The minimum Gasteiger partial charge on any atom is -0.486 e. The smallest absolute Gasteiger partial charge is 0.410 e. The molecular formula is C20H25F3N2O5. The van der Waals surface area contributed by atoms with Gasteiger partial charge in [0.05, 0.1) is 6.04 Å². The summed E-state index contributed by atoms with van der Waals surface area (Å²) in [7, 11) is 0. The Hall–Kier alpha value is -2.65. The number of carbonyl (C=O) groups is 2. The van der Waals surface area contributed by atoms with Crippen LogP contribution in [0.4, 0.5) is 18.0 Å². The predicted octanol–water partition coefficient (Wildman–Crippen LogP) is 3.32. The lowest BCUT2D eigenvalue weighted by atomic mass is 9.81. The van der Waals surface area contributed by atoms with E-state index in [-0.39, 0.29) is 29.4 Å². The van der Waals surface area contributed by atoms with E-state index in [0.717, 1.165) is 18.2 Å². The highest BCUT2D eigenvalue weighted by molar-refractivity contribution is 5.80. The molecule has 2 amide bonds. The SMILES string of the molecule is CC(C)(C)OC(=O)N1CC(NC(=O)[C@H]2C[C@H](Oc3cc(F)ccc3OC(F)F)C2)C1. The van der Waals surface area contributed by atoms with Gasteiger partial charge in [-0.2, -0.15) is 8.78 Å². The quantitative estimate of drug-likeness (QED) is 0.749. The van der Waals surface area contributed by atoms with Crippen molar-refractivity contribution in [3.05, 3.63) is 24.0 Å². The van der Waals surface area contributed by atoms with Crippen LogP contribution in [0.5, 0.6) is 11.5 Å². The van der Waals surface area contributed by atoms with E-state index in [0.29, 0.717) is 25.9 Å². The third kappa shape index (κ3) is 5.70. The van der Waals surface area contributed by atoms with Crippen molar-refractivity contribution in [1.29, 1.82) is 0 Å². The molecule has 1 N–H and O–H groups in total. The maximum atomic E-state index is 13.4. The number of rotatable bonds is 6. The molecule has 1 heterocycles. The summed E-state index contributed by atoms with van der Waals surface area (Å²) in [4.78, 5) is 25.7. The number of alkyl halides is 2. The zero-order chi connectivity index (χ0) is 22.1. The molecule has 0 atom stereocenters. The number of benzene rings is 1. The van der Waals surface area contributed by atoms with Gasteiger partial charge in [-0.15, -0.1) is 0 Å². The Labute approximate surface area is 172 Å². The average molecular weight is 430 g/mol. The first-order chi connectivity index (χ1) is 14.0. The van der Waals surface area contributed by atoms with Crippen molar-refractivity contribution in [3.63, 3.8) is 0 Å². The summed E-state index contributed by atoms with van der Waals surface area (Å²) in [5.74, 6) is -1.47. The number of hydrogen-bond acceptors (Lipinski definition) is 5. The lowest BCUT2D eigenvalue weighted by Crippen LogP contribution is -2.62. The number of ether oxygens (including phenoxy) is 3. The lowest BCUT2D eigenvalue weighted by molar-refractivity contribution is -0.132. The monoisotopic (exact) mass is 430 g/mol. The Balaban J connectivity index is 1.41. The molecule has 0 unspecified atom stereocenters. The molecule has 1 aliphatic heterocycles. The first-order valence-corrected chi connectivity index (χ1v) is 9.69. The molecule has 166 valence electrons. The van der Waals surface area contributed by atoms with Crippen LogP contribution in [-0.4, -0.2) is 54.3 Å². The molecule has 1 saturated heterocycles. The minimum absolute atomic E-state index is 0.119. The second kappa shape index (κ2) is 8.61. The van der Waals surface area contributed by atoms with E-state index in [1.165, 1.54) is 4.90 Å². The first-order valence-electron chi connectivity index (χ1n) is 9.69. The Morgan fingerprint density at radius 1 is 1.17 bits per heavy atom. The van der Waals surface area contributed by atoms with Crippen LogP contribution in [-0.2, 0) is 9.53 Å². The van der Waals surface area contributed by atoms with E-state index < -0.39 is 30.2 Å². The molecule has 1 aromatic carbocycles. The van der Waals surface area contributed by atoms with Crippen molar-refractivity contribution in [2.45, 2.75) is 58.0 Å². The average Bonchev–Trinajstić information content (AvgIpc) is 2.53. The molecule has 2 aliphatic rings. The zero-order valence-electron chi connectivity index (χ0n) is 17.0. The van der Waals surface area contributed by atoms with Gasteiger partial charge in [0.1, 0.15) is 17.5 Å². The third-order valence-electron chi connectivity index (χ3n) is 4.76. The number of halogens is 3. The molecule has 1 aliphatic carbocycles. The maximum Gasteiger partial charge on any atom is 0.410 e. The number of likely N-dealkylation sites (tertiary alicyclic amines) is 1. The Morgan fingerprint density at radius 3 is 2.43 bits per heavy atom. The van der Waals surface area contributed by atoms with Crippen LogP contribution in [0.2, 0.25) is 0 Å². The second-order valence-electron chi connectivity index (χ2n) is 8.47. The molecule has 1 saturated carbocycles. The number of nitrogens with zero attached hydrogens (tertiary/aromatic N) is 1. The highest BCUT2D eigenvalue weighted by atomic mass is 19.3. The molecule has 7 nitrogen and oxygen atoms in total. The third-order valence-corrected chi connectivity index (χ3v) is 4.76. The number of amides is 2. The normalized spacial score (nSPS) is 21.5. The largest absolute Gasteiger partial charge is 0.486 e. The predicted molar refractivity (Wildman–Crippen MR) is 99.9 cm³/mol. The van der Waals surface area contributed by atoms with E-state index in [4.69, 9.17) is 9.47 Å². The van der Waals surface area contributed by atoms with Gasteiger partial charge in [-0.05, 0) is 45.7 Å². The number of hydrogen-bond donors (Lipinski definition) is 1. The summed E-state index contributed by atoms with van der Waals surface area (Å²) >= 11 is 0. The summed E-state index contributed by atoms with van der Waals surface area (Å²) in [5.41, 5.74) is -0.575. The Morgan fingerprint density at radius 2 is 1.83 bits per heavy atom. The summed E-state index contributed by atoms with van der Waals surface area (Å²) in [6, 6.07) is 2.91. The highest BCUT2D eigenvalue weighted by Crippen LogP contribution is 2.36. The van der Waals surface area contributed by atoms with E-state index in [1.54, 1.807) is 20.8 Å². The fourth-order valence-corrected chi connectivity index (χ4v) is 3.19. The van der Waals surface area contributed by atoms with Crippen LogP contribution >= 0.6 is 0 Å². The van der Waals surface area contributed by atoms with Crippen LogP contribution < -0.4 is 14.8 Å². The van der Waals surface area contributed by atoms with Crippen molar-refractivity contribution >= 4 is 12.0 Å². The fraction of sp³-hybridized carbons (Fsp3) is 0.600. The molecule has 0 bridgehead atoms. The van der Waals surface area contributed by atoms with Gasteiger partial charge >= 0.3 is 12.7 Å². The Kier molecular flexibility index (Phi) is 6.33. The van der Waals surface area contributed by atoms with Gasteiger partial charge in [0, 0.05) is 25.1 Å². The van der Waals surface area contributed by atoms with Gasteiger partial charge in [0.2, 0.25) is 5.91 Å². The maximum absolute atomic E-state index is 13.4. The van der Waals surface area contributed by atoms with Gasteiger partial charge in [-0.3, -0.25) is 4.79 Å². The van der Waals surface area contributed by atoms with Crippen LogP contribution in [0.15, 0.2) is 18.2 Å². The first kappa shape index (κ1) is 22.0. The fourth-order valence-electron chi connectivity index (χ4n) is 3.19. The van der Waals surface area contributed by atoms with E-state index >= 15 is 0 Å². The van der Waals surface area contributed by atoms with Crippen molar-refractivity contribution in [1.82, 2.24) is 10.2 Å². The summed E-state index contributed by atoms with van der Waals surface area (Å²) in [6.07, 6.45) is -0.0676. The minimum atomic E-state index is -3.06. The summed E-state index contributed by atoms with van der Waals surface area (Å²) in [5, 5.41) is 2.87. The molecule has 0 spiro atoms. The van der Waals surface area contributed by atoms with E-state index in [2.05, 4.69) is 10.1 Å². The summed E-state index contributed by atoms with van der Waals surface area (Å²) in [6.45, 7) is 3.05. The molecule has 0 radical (unpaired) electrons. The highest BCUT2D eigenvalue weighted by Gasteiger charge is 2.40. The molecule has 10 heteroatoms. The van der Waals surface area contributed by atoms with Crippen LogP contribution in [0.3, 0.4) is 0 Å². The van der Waals surface area contributed by atoms with Gasteiger partial charge in [0.25, 0.3) is 0 Å². The molecule has 0 aromatic heterocycles. The number of carbonyl (C=O) groups excluding carboxylic acids is 2. The van der Waals surface area contributed by atoms with Crippen molar-refractivity contribution < 1.29 is 37.0 Å².